The van der Waals surface area contributed by atoms with Crippen molar-refractivity contribution >= 4 is 41.5 Å². The number of alkyl halides is 3. The van der Waals surface area contributed by atoms with E-state index in [1.807, 2.05) is 18.2 Å². The Labute approximate surface area is 302 Å². The van der Waals surface area contributed by atoms with E-state index in [4.69, 9.17) is 14.3 Å². The summed E-state index contributed by atoms with van der Waals surface area (Å²) >= 11 is 0. The normalized spacial score (nSPS) is 15.6. The summed E-state index contributed by atoms with van der Waals surface area (Å²) in [4.78, 5) is 19.6. The van der Waals surface area contributed by atoms with Crippen LogP contribution in [-0.4, -0.2) is 60.3 Å². The Morgan fingerprint density at radius 3 is 2.06 bits per heavy atom. The zero-order valence-electron chi connectivity index (χ0n) is 30.2. The van der Waals surface area contributed by atoms with Crippen LogP contribution in [0.5, 0.6) is 5.75 Å². The minimum absolute atomic E-state index is 0.0300. The highest BCUT2D eigenvalue weighted by Gasteiger charge is 2.52. The molecule has 0 aliphatic carbocycles. The van der Waals surface area contributed by atoms with Crippen LogP contribution in [0.2, 0.25) is 5.04 Å². The number of benzene rings is 3. The van der Waals surface area contributed by atoms with E-state index in [1.165, 1.54) is 34.6 Å². The smallest absolute Gasteiger partial charge is 0.444 e. The van der Waals surface area contributed by atoms with Gasteiger partial charge >= 0.3 is 12.5 Å². The van der Waals surface area contributed by atoms with Crippen LogP contribution < -0.4 is 25.3 Å². The Hall–Kier alpha value is -4.88. The maximum atomic E-state index is 12.9. The number of carbonyl (C=O) groups excluding carboxylic acids is 1. The number of fused-ring (bicyclic) bond motifs is 1. The second-order valence-electron chi connectivity index (χ2n) is 14.9. The topological polar surface area (TPSA) is 90.7 Å². The quantitative estimate of drug-likeness (QED) is 0.157. The molecule has 0 bridgehead atoms. The first-order valence-corrected chi connectivity index (χ1v) is 19.2. The van der Waals surface area contributed by atoms with Crippen LogP contribution in [0.1, 0.15) is 53.7 Å². The van der Waals surface area contributed by atoms with Crippen molar-refractivity contribution in [2.45, 2.75) is 77.6 Å². The molecule has 3 heterocycles. The maximum Gasteiger partial charge on any atom is 0.573 e. The Kier molecular flexibility index (Phi) is 10.1. The number of pyridine rings is 1. The fraction of sp³-hybridized carbons (Fsp3) is 0.359. The van der Waals surface area contributed by atoms with Crippen molar-refractivity contribution in [3.63, 3.8) is 0 Å². The number of hydrogen-bond donors (Lipinski definition) is 1. The number of alkyl carbamates (subject to hydrolysis) is 1. The Morgan fingerprint density at radius 2 is 1.50 bits per heavy atom. The lowest BCUT2D eigenvalue weighted by molar-refractivity contribution is -0.274. The lowest BCUT2D eigenvalue weighted by atomic mass is 10.2. The summed E-state index contributed by atoms with van der Waals surface area (Å²) in [5.41, 5.74) is 1.65. The van der Waals surface area contributed by atoms with E-state index in [1.54, 1.807) is 31.6 Å². The minimum Gasteiger partial charge on any atom is -0.444 e. The van der Waals surface area contributed by atoms with Gasteiger partial charge in [0.1, 0.15) is 11.4 Å². The lowest BCUT2D eigenvalue weighted by Gasteiger charge is -2.44. The molecule has 5 aromatic rings. The van der Waals surface area contributed by atoms with Crippen molar-refractivity contribution in [2.24, 2.45) is 0 Å². The first kappa shape index (κ1) is 36.9. The first-order valence-electron chi connectivity index (χ1n) is 17.3. The number of nitrogens with zero attached hydrogens (tertiary/aromatic N) is 4. The van der Waals surface area contributed by atoms with Gasteiger partial charge in [-0.2, -0.15) is 5.10 Å². The van der Waals surface area contributed by atoms with E-state index >= 15 is 0 Å². The summed E-state index contributed by atoms with van der Waals surface area (Å²) in [5.74, 6) is -0.350. The molecule has 1 atom stereocenters. The number of aromatic nitrogens is 3. The highest BCUT2D eigenvalue weighted by molar-refractivity contribution is 6.99. The van der Waals surface area contributed by atoms with Gasteiger partial charge in [-0.3, -0.25) is 0 Å². The molecule has 2 aromatic heterocycles. The third-order valence-corrected chi connectivity index (χ3v) is 14.1. The van der Waals surface area contributed by atoms with Crippen LogP contribution >= 0.6 is 0 Å². The Balaban J connectivity index is 1.37. The molecular formula is C39H44F3N5O4Si. The molecule has 1 aliphatic heterocycles. The van der Waals surface area contributed by atoms with Crippen LogP contribution in [0.4, 0.5) is 23.7 Å². The van der Waals surface area contributed by atoms with Crippen molar-refractivity contribution in [1.29, 1.82) is 0 Å². The number of ether oxygens (including phenoxy) is 2. The van der Waals surface area contributed by atoms with Gasteiger partial charge in [0.05, 0.1) is 35.1 Å². The van der Waals surface area contributed by atoms with Crippen LogP contribution in [-0.2, 0) is 15.7 Å². The average Bonchev–Trinajstić information content (AvgIpc) is 3.70. The van der Waals surface area contributed by atoms with Gasteiger partial charge in [-0.1, -0.05) is 81.4 Å². The van der Waals surface area contributed by atoms with Gasteiger partial charge in [0.2, 0.25) is 0 Å². The summed E-state index contributed by atoms with van der Waals surface area (Å²) in [7, 11) is -2.81. The van der Waals surface area contributed by atoms with Crippen molar-refractivity contribution in [1.82, 2.24) is 20.1 Å². The molecule has 52 heavy (non-hydrogen) atoms. The highest BCUT2D eigenvalue weighted by Crippen LogP contribution is 2.40. The van der Waals surface area contributed by atoms with Gasteiger partial charge in [-0.25, -0.2) is 14.5 Å². The fourth-order valence-corrected chi connectivity index (χ4v) is 11.6. The monoisotopic (exact) mass is 731 g/mol. The van der Waals surface area contributed by atoms with Gasteiger partial charge in [0, 0.05) is 19.3 Å². The van der Waals surface area contributed by atoms with Crippen LogP contribution in [0.15, 0.2) is 97.2 Å². The molecule has 1 fully saturated rings. The standard InChI is InChI=1S/C39H44F3N5O4Si/c1-37(2,3)50-36(48)44-25-32-34-33(21-23-43-35(34)47(45-32)27-17-19-28(20-18-27)49-39(40,41)42)46-24-22-29(26-46)51-52(38(4,5)6,30-13-9-7-10-14-30)31-15-11-8-12-16-31/h7-21,23,29H,22,24-26H2,1-6H3,(H,44,48)/t29-/m1/s1. The van der Waals surface area contributed by atoms with E-state index in [9.17, 15) is 18.0 Å². The summed E-state index contributed by atoms with van der Waals surface area (Å²) in [6.45, 7) is 13.5. The molecule has 1 saturated heterocycles. The van der Waals surface area contributed by atoms with E-state index in [-0.39, 0.29) is 23.4 Å². The molecule has 6 rings (SSSR count). The van der Waals surface area contributed by atoms with Gasteiger partial charge < -0.3 is 24.1 Å². The van der Waals surface area contributed by atoms with Gasteiger partial charge in [0.25, 0.3) is 8.32 Å². The number of halogens is 3. The Morgan fingerprint density at radius 1 is 0.885 bits per heavy atom. The zero-order chi connectivity index (χ0) is 37.3. The molecule has 0 spiro atoms. The molecule has 3 aromatic carbocycles. The van der Waals surface area contributed by atoms with E-state index in [0.29, 0.717) is 35.5 Å². The molecule has 9 nitrogen and oxygen atoms in total. The van der Waals surface area contributed by atoms with Crippen molar-refractivity contribution < 1.29 is 31.9 Å². The largest absolute Gasteiger partial charge is 0.573 e. The van der Waals surface area contributed by atoms with Crippen LogP contribution in [0, 0.1) is 0 Å². The molecule has 1 aliphatic rings. The number of anilines is 1. The number of nitrogens with one attached hydrogen (secondary N) is 1. The molecule has 274 valence electrons. The average molecular weight is 732 g/mol. The predicted molar refractivity (Wildman–Crippen MR) is 198 cm³/mol. The first-order chi connectivity index (χ1) is 24.5. The van der Waals surface area contributed by atoms with E-state index < -0.39 is 26.4 Å². The molecule has 1 amide bonds. The number of carbonyl (C=O) groups is 1. The summed E-state index contributed by atoms with van der Waals surface area (Å²) in [5, 5.41) is 10.6. The Bertz CT molecular complexity index is 1950. The molecule has 0 unspecified atom stereocenters. The third-order valence-electron chi connectivity index (χ3n) is 8.98. The van der Waals surface area contributed by atoms with Crippen molar-refractivity contribution in [3.8, 4) is 11.4 Å². The van der Waals surface area contributed by atoms with Gasteiger partial charge in [0.15, 0.2) is 5.65 Å². The van der Waals surface area contributed by atoms with E-state index in [0.717, 1.165) is 12.1 Å². The van der Waals surface area contributed by atoms with Crippen molar-refractivity contribution in [2.75, 3.05) is 18.0 Å². The fourth-order valence-electron chi connectivity index (χ4n) is 6.91. The van der Waals surface area contributed by atoms with Gasteiger partial charge in [-0.15, -0.1) is 13.2 Å². The SMILES string of the molecule is CC(C)(C)OC(=O)NCc1nn(-c2ccc(OC(F)(F)F)cc2)c2nccc(N3CC[C@@H](O[Si](c4ccccc4)(c4ccccc4)C(C)(C)C)C3)c12. The molecule has 0 radical (unpaired) electrons. The maximum absolute atomic E-state index is 12.9. The van der Waals surface area contributed by atoms with E-state index in [2.05, 4.69) is 89.2 Å². The molecule has 1 N–H and O–H groups in total. The van der Waals surface area contributed by atoms with Crippen LogP contribution in [0.25, 0.3) is 16.7 Å². The molecule has 13 heteroatoms. The van der Waals surface area contributed by atoms with Crippen LogP contribution in [0.3, 0.4) is 0 Å². The second kappa shape index (κ2) is 14.3. The zero-order valence-corrected chi connectivity index (χ0v) is 31.2. The number of amides is 1. The number of rotatable bonds is 9. The second-order valence-corrected chi connectivity index (χ2v) is 19.2. The van der Waals surface area contributed by atoms with Crippen molar-refractivity contribution in [3.05, 3.63) is 103 Å². The molecular weight excluding hydrogens is 688 g/mol. The predicted octanol–water partition coefficient (Wildman–Crippen LogP) is 7.50. The number of hydrogen-bond acceptors (Lipinski definition) is 7. The van der Waals surface area contributed by atoms with Gasteiger partial charge in [-0.05, 0) is 72.9 Å². The lowest BCUT2D eigenvalue weighted by Crippen LogP contribution is -2.67. The third kappa shape index (κ3) is 7.95. The molecule has 0 saturated carbocycles. The summed E-state index contributed by atoms with van der Waals surface area (Å²) in [6.07, 6.45) is -3.03. The summed E-state index contributed by atoms with van der Waals surface area (Å²) < 4.78 is 57.2. The highest BCUT2D eigenvalue weighted by atomic mass is 28.4. The summed E-state index contributed by atoms with van der Waals surface area (Å²) in [6, 6.07) is 28.4. The minimum atomic E-state index is -4.81.